The molecular formula is C21H27N3O5S2. The molecule has 3 rings (SSSR count). The Hall–Kier alpha value is -2.27. The summed E-state index contributed by atoms with van der Waals surface area (Å²) in [6, 6.07) is 10.1. The molecule has 1 aliphatic rings. The molecule has 1 aliphatic heterocycles. The van der Waals surface area contributed by atoms with Crippen LogP contribution in [0.3, 0.4) is 0 Å². The number of nitrogens with one attached hydrogen (secondary N) is 1. The molecule has 0 spiro atoms. The summed E-state index contributed by atoms with van der Waals surface area (Å²) in [6.45, 7) is 3.87. The van der Waals surface area contributed by atoms with Crippen molar-refractivity contribution in [3.8, 4) is 0 Å². The molecule has 168 valence electrons. The Morgan fingerprint density at radius 2 is 1.61 bits per heavy atom. The van der Waals surface area contributed by atoms with E-state index in [2.05, 4.69) is 5.32 Å². The van der Waals surface area contributed by atoms with E-state index in [0.29, 0.717) is 24.1 Å². The Balaban J connectivity index is 1.87. The van der Waals surface area contributed by atoms with Crippen molar-refractivity contribution in [3.63, 3.8) is 0 Å². The van der Waals surface area contributed by atoms with Gasteiger partial charge in [0, 0.05) is 26.3 Å². The third kappa shape index (κ3) is 4.67. The second-order valence-electron chi connectivity index (χ2n) is 7.84. The molecule has 0 unspecified atom stereocenters. The number of carbonyl (C=O) groups is 1. The Morgan fingerprint density at radius 1 is 1.00 bits per heavy atom. The van der Waals surface area contributed by atoms with Gasteiger partial charge in [-0.05, 0) is 56.5 Å². The molecule has 0 saturated carbocycles. The summed E-state index contributed by atoms with van der Waals surface area (Å²) in [7, 11) is -4.63. The van der Waals surface area contributed by atoms with Crippen LogP contribution in [0, 0.1) is 13.8 Å². The zero-order valence-electron chi connectivity index (χ0n) is 18.0. The number of amides is 1. The van der Waals surface area contributed by atoms with Crippen molar-refractivity contribution < 1.29 is 21.6 Å². The summed E-state index contributed by atoms with van der Waals surface area (Å²) >= 11 is 0. The maximum atomic E-state index is 13.1. The monoisotopic (exact) mass is 465 g/mol. The average Bonchev–Trinajstić information content (AvgIpc) is 3.20. The maximum absolute atomic E-state index is 13.1. The van der Waals surface area contributed by atoms with E-state index in [4.69, 9.17) is 0 Å². The average molecular weight is 466 g/mol. The fraction of sp³-hybridized carbons (Fsp3) is 0.381. The van der Waals surface area contributed by atoms with E-state index in [0.717, 1.165) is 9.87 Å². The van der Waals surface area contributed by atoms with Crippen LogP contribution in [0.2, 0.25) is 0 Å². The van der Waals surface area contributed by atoms with Crippen LogP contribution in [0.1, 0.15) is 24.0 Å². The lowest BCUT2D eigenvalue weighted by Crippen LogP contribution is -2.43. The van der Waals surface area contributed by atoms with Gasteiger partial charge in [0.25, 0.3) is 0 Å². The van der Waals surface area contributed by atoms with Gasteiger partial charge in [-0.25, -0.2) is 21.1 Å². The zero-order valence-corrected chi connectivity index (χ0v) is 19.6. The summed E-state index contributed by atoms with van der Waals surface area (Å²) < 4.78 is 53.4. The van der Waals surface area contributed by atoms with Gasteiger partial charge in [-0.1, -0.05) is 23.8 Å². The van der Waals surface area contributed by atoms with Crippen LogP contribution >= 0.6 is 0 Å². The third-order valence-electron chi connectivity index (χ3n) is 5.38. The van der Waals surface area contributed by atoms with Crippen molar-refractivity contribution in [2.45, 2.75) is 42.5 Å². The second-order valence-corrected chi connectivity index (χ2v) is 11.9. The molecule has 1 atom stereocenters. The molecule has 31 heavy (non-hydrogen) atoms. The summed E-state index contributed by atoms with van der Waals surface area (Å²) in [4.78, 5) is 13.2. The lowest BCUT2D eigenvalue weighted by atomic mass is 10.1. The van der Waals surface area contributed by atoms with E-state index >= 15 is 0 Å². The number of sulfonamides is 2. The fourth-order valence-electron chi connectivity index (χ4n) is 3.46. The molecule has 0 aliphatic carbocycles. The number of benzene rings is 2. The summed E-state index contributed by atoms with van der Waals surface area (Å²) in [6.07, 6.45) is 0.961. The predicted molar refractivity (Wildman–Crippen MR) is 119 cm³/mol. The fourth-order valence-corrected chi connectivity index (χ4v) is 6.04. The van der Waals surface area contributed by atoms with E-state index in [1.54, 1.807) is 25.1 Å². The van der Waals surface area contributed by atoms with Crippen molar-refractivity contribution in [1.82, 2.24) is 8.61 Å². The summed E-state index contributed by atoms with van der Waals surface area (Å²) in [5, 5.41) is 2.74. The number of nitrogens with zero attached hydrogens (tertiary/aromatic N) is 2. The summed E-state index contributed by atoms with van der Waals surface area (Å²) in [5.74, 6) is -0.476. The van der Waals surface area contributed by atoms with Gasteiger partial charge in [0.2, 0.25) is 26.0 Å². The van der Waals surface area contributed by atoms with Crippen LogP contribution in [0.4, 0.5) is 5.69 Å². The molecule has 1 saturated heterocycles. The van der Waals surface area contributed by atoms with Crippen molar-refractivity contribution >= 4 is 31.6 Å². The second kappa shape index (κ2) is 8.70. The van der Waals surface area contributed by atoms with Crippen LogP contribution in [-0.4, -0.2) is 58.0 Å². The van der Waals surface area contributed by atoms with E-state index in [-0.39, 0.29) is 16.3 Å². The van der Waals surface area contributed by atoms with Crippen LogP contribution < -0.4 is 5.32 Å². The minimum Gasteiger partial charge on any atom is -0.324 e. The molecule has 2 aromatic carbocycles. The van der Waals surface area contributed by atoms with Gasteiger partial charge in [0.15, 0.2) is 0 Å². The van der Waals surface area contributed by atoms with E-state index in [9.17, 15) is 21.6 Å². The first-order valence-corrected chi connectivity index (χ1v) is 12.7. The molecule has 8 nitrogen and oxygen atoms in total. The third-order valence-corrected chi connectivity index (χ3v) is 9.11. The Kier molecular flexibility index (Phi) is 6.56. The van der Waals surface area contributed by atoms with Gasteiger partial charge in [-0.3, -0.25) is 4.79 Å². The number of carbonyl (C=O) groups excluding carboxylic acids is 1. The minimum absolute atomic E-state index is 0.0500. The predicted octanol–water partition coefficient (Wildman–Crippen LogP) is 2.35. The smallest absolute Gasteiger partial charge is 0.243 e. The highest BCUT2D eigenvalue weighted by atomic mass is 32.2. The topological polar surface area (TPSA) is 104 Å². The van der Waals surface area contributed by atoms with E-state index in [1.165, 1.54) is 42.7 Å². The van der Waals surface area contributed by atoms with Crippen molar-refractivity contribution in [3.05, 3.63) is 53.6 Å². The highest BCUT2D eigenvalue weighted by Gasteiger charge is 2.39. The van der Waals surface area contributed by atoms with E-state index < -0.39 is 32.0 Å². The first-order chi connectivity index (χ1) is 14.4. The number of hydrogen-bond acceptors (Lipinski definition) is 5. The molecular weight excluding hydrogens is 438 g/mol. The highest BCUT2D eigenvalue weighted by molar-refractivity contribution is 7.89. The van der Waals surface area contributed by atoms with Gasteiger partial charge >= 0.3 is 0 Å². The molecule has 0 bridgehead atoms. The Bertz CT molecular complexity index is 1190. The van der Waals surface area contributed by atoms with Crippen LogP contribution in [0.25, 0.3) is 0 Å². The van der Waals surface area contributed by atoms with E-state index in [1.807, 2.05) is 6.92 Å². The molecule has 1 amide bonds. The molecule has 2 aromatic rings. The first-order valence-electron chi connectivity index (χ1n) is 9.87. The van der Waals surface area contributed by atoms with Gasteiger partial charge < -0.3 is 5.32 Å². The van der Waals surface area contributed by atoms with Gasteiger partial charge in [0.1, 0.15) is 6.04 Å². The number of hydrogen-bond donors (Lipinski definition) is 1. The lowest BCUT2D eigenvalue weighted by molar-refractivity contribution is -0.119. The zero-order chi connectivity index (χ0) is 23.0. The molecule has 1 fully saturated rings. The van der Waals surface area contributed by atoms with Crippen LogP contribution in [-0.2, 0) is 24.8 Å². The number of rotatable bonds is 6. The maximum Gasteiger partial charge on any atom is 0.243 e. The van der Waals surface area contributed by atoms with Gasteiger partial charge in [-0.15, -0.1) is 0 Å². The largest absolute Gasteiger partial charge is 0.324 e. The normalized spacial score (nSPS) is 17.8. The molecule has 0 aromatic heterocycles. The first kappa shape index (κ1) is 23.4. The summed E-state index contributed by atoms with van der Waals surface area (Å²) in [5.41, 5.74) is 1.96. The minimum atomic E-state index is -3.82. The standard InChI is InChI=1S/C21H27N3O5S2/c1-15-7-10-17(11-8-15)31(28,29)24-13-5-6-20(24)21(25)22-19-14-18(12-9-16(19)2)30(26,27)23(3)4/h7-12,14,20H,5-6,13H2,1-4H3,(H,22,25)/t20-/m0/s1. The SMILES string of the molecule is Cc1ccc(S(=O)(=O)N2CCC[C@H]2C(=O)Nc2cc(S(=O)(=O)N(C)C)ccc2C)cc1. The van der Waals surface area contributed by atoms with Crippen molar-refractivity contribution in [2.75, 3.05) is 26.0 Å². The van der Waals surface area contributed by atoms with Crippen molar-refractivity contribution in [2.24, 2.45) is 0 Å². The quantitative estimate of drug-likeness (QED) is 0.705. The lowest BCUT2D eigenvalue weighted by Gasteiger charge is -2.24. The Morgan fingerprint density at radius 3 is 2.23 bits per heavy atom. The van der Waals surface area contributed by atoms with Gasteiger partial charge in [0.05, 0.1) is 9.79 Å². The molecule has 1 N–H and O–H groups in total. The molecule has 0 radical (unpaired) electrons. The van der Waals surface area contributed by atoms with Crippen LogP contribution in [0.5, 0.6) is 0 Å². The number of aryl methyl sites for hydroxylation is 2. The van der Waals surface area contributed by atoms with Gasteiger partial charge in [-0.2, -0.15) is 4.31 Å². The number of anilines is 1. The Labute approximate surface area is 184 Å². The highest BCUT2D eigenvalue weighted by Crippen LogP contribution is 2.28. The van der Waals surface area contributed by atoms with Crippen molar-refractivity contribution in [1.29, 1.82) is 0 Å². The van der Waals surface area contributed by atoms with Crippen LogP contribution in [0.15, 0.2) is 52.3 Å². The molecule has 10 heteroatoms. The molecule has 1 heterocycles.